The molecule has 0 aliphatic carbocycles. The lowest BCUT2D eigenvalue weighted by Gasteiger charge is -1.89. The minimum Gasteiger partial charge on any atom is -0.337 e. The molecule has 3 heteroatoms. The van der Waals surface area contributed by atoms with Gasteiger partial charge in [-0.2, -0.15) is 0 Å². The van der Waals surface area contributed by atoms with Crippen LogP contribution in [0.2, 0.25) is 0 Å². The number of aliphatic imine (C=N–C) groups is 2. The molecule has 0 bridgehead atoms. The molecule has 0 rings (SSSR count). The van der Waals surface area contributed by atoms with Gasteiger partial charge in [0, 0.05) is 0 Å². The summed E-state index contributed by atoms with van der Waals surface area (Å²) in [6.45, 7) is 7.00. The molecule has 3 nitrogen and oxygen atoms in total. The van der Waals surface area contributed by atoms with Gasteiger partial charge in [-0.15, -0.1) is 0 Å². The number of ether oxygens (including phenoxy) is 1. The molecule has 0 N–H and O–H groups in total. The molecule has 0 aliphatic heterocycles. The highest BCUT2D eigenvalue weighted by Crippen LogP contribution is 1.71. The molecule has 7 heavy (non-hydrogen) atoms. The van der Waals surface area contributed by atoms with Crippen LogP contribution in [0.15, 0.2) is 9.98 Å². The Morgan fingerprint density at radius 3 is 1.86 bits per heavy atom. The normalized spacial score (nSPS) is 8.00. The maximum Gasteiger partial charge on any atom is 0.139 e. The summed E-state index contributed by atoms with van der Waals surface area (Å²) in [5, 5.41) is 0. The van der Waals surface area contributed by atoms with Crippen LogP contribution in [0.1, 0.15) is 0 Å². The zero-order valence-electron chi connectivity index (χ0n) is 4.13. The Labute approximate surface area is 42.7 Å². The summed E-state index contributed by atoms with van der Waals surface area (Å²) in [4.78, 5) is 6.83. The van der Waals surface area contributed by atoms with Crippen molar-refractivity contribution in [2.24, 2.45) is 9.98 Å². The van der Waals surface area contributed by atoms with Crippen molar-refractivity contribution in [1.82, 2.24) is 0 Å². The molecular weight excluding hydrogens is 92.1 g/mol. The number of hydrogen-bond acceptors (Lipinski definition) is 3. The second-order valence-corrected chi connectivity index (χ2v) is 0.910. The molecule has 0 aromatic rings. The number of nitrogens with zero attached hydrogens (tertiary/aromatic N) is 2. The predicted molar refractivity (Wildman–Crippen MR) is 29.9 cm³/mol. The van der Waals surface area contributed by atoms with Gasteiger partial charge in [0.1, 0.15) is 13.5 Å². The van der Waals surface area contributed by atoms with Crippen molar-refractivity contribution < 1.29 is 4.74 Å². The molecule has 0 atom stereocenters. The van der Waals surface area contributed by atoms with E-state index in [0.717, 1.165) is 0 Å². The Hall–Kier alpha value is -0.700. The standard InChI is InChI=1S/C4H8N2O/c1-5-3-7-4-6-2/h1-4H2. The second kappa shape index (κ2) is 5.30. The van der Waals surface area contributed by atoms with Gasteiger partial charge in [-0.1, -0.05) is 0 Å². The van der Waals surface area contributed by atoms with Crippen LogP contribution < -0.4 is 0 Å². The molecule has 0 unspecified atom stereocenters. The van der Waals surface area contributed by atoms with E-state index in [0.29, 0.717) is 13.5 Å². The van der Waals surface area contributed by atoms with Crippen molar-refractivity contribution in [1.29, 1.82) is 0 Å². The van der Waals surface area contributed by atoms with Crippen molar-refractivity contribution in [2.45, 2.75) is 0 Å². The lowest BCUT2D eigenvalue weighted by atomic mass is 11.2. The molecule has 0 saturated heterocycles. The van der Waals surface area contributed by atoms with Crippen LogP contribution in [0.4, 0.5) is 0 Å². The third-order valence-corrected chi connectivity index (χ3v) is 0.365. The minimum atomic E-state index is 0.305. The molecule has 0 aliphatic rings. The van der Waals surface area contributed by atoms with Crippen LogP contribution in [0, 0.1) is 0 Å². The van der Waals surface area contributed by atoms with Crippen LogP contribution >= 0.6 is 0 Å². The molecule has 0 amide bonds. The highest BCUT2D eigenvalue weighted by atomic mass is 16.5. The summed E-state index contributed by atoms with van der Waals surface area (Å²) in [5.74, 6) is 0. The first-order valence-corrected chi connectivity index (χ1v) is 1.84. The predicted octanol–water partition coefficient (Wildman–Crippen LogP) is 0.319. The monoisotopic (exact) mass is 100 g/mol. The largest absolute Gasteiger partial charge is 0.337 e. The first kappa shape index (κ1) is 6.30. The average molecular weight is 100 g/mol. The van der Waals surface area contributed by atoms with Crippen molar-refractivity contribution in [2.75, 3.05) is 13.5 Å². The smallest absolute Gasteiger partial charge is 0.139 e. The van der Waals surface area contributed by atoms with Crippen LogP contribution in [0.5, 0.6) is 0 Å². The van der Waals surface area contributed by atoms with Gasteiger partial charge in [-0.3, -0.25) is 9.98 Å². The summed E-state index contributed by atoms with van der Waals surface area (Å²) in [7, 11) is 0. The van der Waals surface area contributed by atoms with E-state index in [1.807, 2.05) is 0 Å². The van der Waals surface area contributed by atoms with Crippen LogP contribution in [-0.4, -0.2) is 26.9 Å². The highest BCUT2D eigenvalue weighted by molar-refractivity contribution is 5.23. The highest BCUT2D eigenvalue weighted by Gasteiger charge is 1.71. The third-order valence-electron chi connectivity index (χ3n) is 0.365. The van der Waals surface area contributed by atoms with E-state index in [-0.39, 0.29) is 0 Å². The Kier molecular flexibility index (Phi) is 4.77. The second-order valence-electron chi connectivity index (χ2n) is 0.910. The summed E-state index contributed by atoms with van der Waals surface area (Å²) >= 11 is 0. The van der Waals surface area contributed by atoms with E-state index in [9.17, 15) is 0 Å². The molecule has 0 radical (unpaired) electrons. The number of rotatable bonds is 4. The van der Waals surface area contributed by atoms with Crippen molar-refractivity contribution in [3.05, 3.63) is 0 Å². The first-order chi connectivity index (χ1) is 3.41. The Balaban J connectivity index is 2.68. The van der Waals surface area contributed by atoms with Gasteiger partial charge in [-0.05, 0) is 13.4 Å². The molecular formula is C4H8N2O. The molecule has 0 aromatic heterocycles. The lowest BCUT2D eigenvalue weighted by Crippen LogP contribution is -1.88. The Bertz CT molecular complexity index is 54.7. The average Bonchev–Trinajstić information content (AvgIpc) is 1.69. The van der Waals surface area contributed by atoms with Gasteiger partial charge in [0.2, 0.25) is 0 Å². The van der Waals surface area contributed by atoms with Gasteiger partial charge >= 0.3 is 0 Å². The van der Waals surface area contributed by atoms with E-state index >= 15 is 0 Å². The molecule has 0 aromatic carbocycles. The number of hydrogen-bond donors (Lipinski definition) is 0. The van der Waals surface area contributed by atoms with Crippen LogP contribution in [0.3, 0.4) is 0 Å². The minimum absolute atomic E-state index is 0.305. The fourth-order valence-corrected chi connectivity index (χ4v) is 0.170. The van der Waals surface area contributed by atoms with Crippen molar-refractivity contribution >= 4 is 13.4 Å². The van der Waals surface area contributed by atoms with E-state index in [1.165, 1.54) is 0 Å². The van der Waals surface area contributed by atoms with Gasteiger partial charge in [0.15, 0.2) is 0 Å². The molecule has 0 saturated carbocycles. The zero-order chi connectivity index (χ0) is 5.54. The van der Waals surface area contributed by atoms with E-state index in [2.05, 4.69) is 28.2 Å². The maximum absolute atomic E-state index is 4.67. The molecule has 40 valence electrons. The fourth-order valence-electron chi connectivity index (χ4n) is 0.170. The topological polar surface area (TPSA) is 34.0 Å². The molecule has 0 heterocycles. The quantitative estimate of drug-likeness (QED) is 0.370. The zero-order valence-corrected chi connectivity index (χ0v) is 4.13. The van der Waals surface area contributed by atoms with E-state index < -0.39 is 0 Å². The van der Waals surface area contributed by atoms with E-state index in [4.69, 9.17) is 0 Å². The van der Waals surface area contributed by atoms with Crippen LogP contribution in [-0.2, 0) is 4.74 Å². The van der Waals surface area contributed by atoms with Crippen molar-refractivity contribution in [3.63, 3.8) is 0 Å². The molecule has 0 spiro atoms. The van der Waals surface area contributed by atoms with Gasteiger partial charge in [0.25, 0.3) is 0 Å². The summed E-state index contributed by atoms with van der Waals surface area (Å²) in [6, 6.07) is 0. The first-order valence-electron chi connectivity index (χ1n) is 1.84. The Morgan fingerprint density at radius 1 is 1.14 bits per heavy atom. The lowest BCUT2D eigenvalue weighted by molar-refractivity contribution is 0.152. The SMILES string of the molecule is C=NCOCN=C. The maximum atomic E-state index is 4.67. The molecule has 0 fully saturated rings. The van der Waals surface area contributed by atoms with Crippen LogP contribution in [0.25, 0.3) is 0 Å². The Morgan fingerprint density at radius 2 is 1.57 bits per heavy atom. The van der Waals surface area contributed by atoms with Gasteiger partial charge < -0.3 is 4.74 Å². The summed E-state index contributed by atoms with van der Waals surface area (Å²) in [5.41, 5.74) is 0. The van der Waals surface area contributed by atoms with Gasteiger partial charge in [-0.25, -0.2) is 0 Å². The van der Waals surface area contributed by atoms with Crippen molar-refractivity contribution in [3.8, 4) is 0 Å². The van der Waals surface area contributed by atoms with E-state index in [1.54, 1.807) is 0 Å². The summed E-state index contributed by atoms with van der Waals surface area (Å²) in [6.07, 6.45) is 0. The van der Waals surface area contributed by atoms with Gasteiger partial charge in [0.05, 0.1) is 0 Å². The fraction of sp³-hybridized carbons (Fsp3) is 0.500. The summed E-state index contributed by atoms with van der Waals surface area (Å²) < 4.78 is 4.67. The third kappa shape index (κ3) is 5.30.